The maximum absolute atomic E-state index is 13.8. The zero-order valence-corrected chi connectivity index (χ0v) is 14.4. The molecule has 3 aromatic rings. The van der Waals surface area contributed by atoms with Gasteiger partial charge in [0.1, 0.15) is 23.7 Å². The summed E-state index contributed by atoms with van der Waals surface area (Å²) in [5.41, 5.74) is -0.916. The minimum Gasteiger partial charge on any atom is -0.434 e. The third-order valence-electron chi connectivity index (χ3n) is 3.18. The Kier molecular flexibility index (Phi) is 5.03. The number of hydrogen-bond acceptors (Lipinski definition) is 6. The summed E-state index contributed by atoms with van der Waals surface area (Å²) in [7, 11) is 0. The van der Waals surface area contributed by atoms with E-state index in [2.05, 4.69) is 31.2 Å². The smallest absolute Gasteiger partial charge is 0.373 e. The van der Waals surface area contributed by atoms with Gasteiger partial charge < -0.3 is 10.1 Å². The van der Waals surface area contributed by atoms with Crippen molar-refractivity contribution in [1.82, 2.24) is 9.97 Å². The van der Waals surface area contributed by atoms with Gasteiger partial charge in [-0.3, -0.25) is 10.1 Å². The molecule has 1 aromatic heterocycles. The molecular formula is C16H9BrF2N4O3. The molecule has 0 radical (unpaired) electrons. The molecule has 0 aliphatic heterocycles. The standard InChI is InChI=1S/C16H9BrF2N4O3/c17-9-1-4-11(5-2-9)26-16-14(23(24)25)15(20-8-21-16)22-13-7-10(18)3-6-12(13)19/h1-8H,(H,20,21,22). The van der Waals surface area contributed by atoms with Gasteiger partial charge >= 0.3 is 11.6 Å². The second kappa shape index (κ2) is 7.40. The fraction of sp³-hybridized carbons (Fsp3) is 0. The van der Waals surface area contributed by atoms with Gasteiger partial charge in [-0.25, -0.2) is 13.8 Å². The monoisotopic (exact) mass is 422 g/mol. The zero-order chi connectivity index (χ0) is 18.7. The Morgan fingerprint density at radius 2 is 1.85 bits per heavy atom. The molecule has 132 valence electrons. The first-order chi connectivity index (χ1) is 12.4. The largest absolute Gasteiger partial charge is 0.434 e. The van der Waals surface area contributed by atoms with Crippen LogP contribution >= 0.6 is 15.9 Å². The lowest BCUT2D eigenvalue weighted by molar-refractivity contribution is -0.385. The molecule has 0 unspecified atom stereocenters. The lowest BCUT2D eigenvalue weighted by atomic mass is 10.3. The van der Waals surface area contributed by atoms with Gasteiger partial charge in [-0.1, -0.05) is 15.9 Å². The van der Waals surface area contributed by atoms with Crippen molar-refractivity contribution in [2.45, 2.75) is 0 Å². The van der Waals surface area contributed by atoms with Crippen molar-refractivity contribution in [3.8, 4) is 11.6 Å². The van der Waals surface area contributed by atoms with Gasteiger partial charge in [0.25, 0.3) is 0 Å². The summed E-state index contributed by atoms with van der Waals surface area (Å²) in [5.74, 6) is -1.88. The molecule has 0 fully saturated rings. The molecule has 2 aromatic carbocycles. The summed E-state index contributed by atoms with van der Waals surface area (Å²) >= 11 is 3.26. The van der Waals surface area contributed by atoms with E-state index >= 15 is 0 Å². The molecule has 0 spiro atoms. The molecule has 1 N–H and O–H groups in total. The molecular weight excluding hydrogens is 414 g/mol. The van der Waals surface area contributed by atoms with Gasteiger partial charge in [0.05, 0.1) is 10.6 Å². The van der Waals surface area contributed by atoms with Crippen LogP contribution < -0.4 is 10.1 Å². The molecule has 10 heteroatoms. The minimum atomic E-state index is -0.797. The number of anilines is 2. The Hall–Kier alpha value is -3.14. The number of halogens is 3. The zero-order valence-electron chi connectivity index (χ0n) is 12.8. The SMILES string of the molecule is O=[N+]([O-])c1c(Nc2cc(F)ccc2F)ncnc1Oc1ccc(Br)cc1. The number of ether oxygens (including phenoxy) is 1. The normalized spacial score (nSPS) is 10.4. The molecule has 0 saturated carbocycles. The minimum absolute atomic E-state index is 0.304. The van der Waals surface area contributed by atoms with E-state index in [1.807, 2.05) is 0 Å². The predicted molar refractivity (Wildman–Crippen MR) is 92.5 cm³/mol. The second-order valence-electron chi connectivity index (χ2n) is 4.94. The van der Waals surface area contributed by atoms with Crippen LogP contribution in [0, 0.1) is 21.7 Å². The summed E-state index contributed by atoms with van der Waals surface area (Å²) in [6.45, 7) is 0. The maximum atomic E-state index is 13.8. The summed E-state index contributed by atoms with van der Waals surface area (Å²) in [5, 5.41) is 13.9. The highest BCUT2D eigenvalue weighted by atomic mass is 79.9. The van der Waals surface area contributed by atoms with Crippen LogP contribution in [0.25, 0.3) is 0 Å². The van der Waals surface area contributed by atoms with E-state index in [0.29, 0.717) is 5.75 Å². The second-order valence-corrected chi connectivity index (χ2v) is 5.85. The molecule has 0 atom stereocenters. The third-order valence-corrected chi connectivity index (χ3v) is 3.71. The maximum Gasteiger partial charge on any atom is 0.373 e. The van der Waals surface area contributed by atoms with Crippen LogP contribution in [-0.4, -0.2) is 14.9 Å². The number of hydrogen-bond donors (Lipinski definition) is 1. The average molecular weight is 423 g/mol. The summed E-state index contributed by atoms with van der Waals surface area (Å²) in [6.07, 6.45) is 1.01. The van der Waals surface area contributed by atoms with E-state index < -0.39 is 22.2 Å². The van der Waals surface area contributed by atoms with Gasteiger partial charge in [0.15, 0.2) is 0 Å². The highest BCUT2D eigenvalue weighted by molar-refractivity contribution is 9.10. The van der Waals surface area contributed by atoms with E-state index in [9.17, 15) is 18.9 Å². The van der Waals surface area contributed by atoms with Crippen molar-refractivity contribution in [3.05, 3.63) is 75.0 Å². The Balaban J connectivity index is 1.99. The molecule has 3 rings (SSSR count). The molecule has 0 aliphatic carbocycles. The molecule has 0 saturated heterocycles. The Labute approximate surface area is 153 Å². The topological polar surface area (TPSA) is 90.2 Å². The lowest BCUT2D eigenvalue weighted by Gasteiger charge is -2.10. The predicted octanol–water partition coefficient (Wildman–Crippen LogP) is 4.96. The first-order valence-electron chi connectivity index (χ1n) is 7.09. The van der Waals surface area contributed by atoms with Crippen LogP contribution in [0.3, 0.4) is 0 Å². The quantitative estimate of drug-likeness (QED) is 0.461. The highest BCUT2D eigenvalue weighted by Gasteiger charge is 2.26. The average Bonchev–Trinajstić information content (AvgIpc) is 2.60. The summed E-state index contributed by atoms with van der Waals surface area (Å²) in [6, 6.07) is 9.20. The van der Waals surface area contributed by atoms with Crippen LogP contribution in [0.15, 0.2) is 53.3 Å². The Morgan fingerprint density at radius 3 is 2.54 bits per heavy atom. The molecule has 1 heterocycles. The van der Waals surface area contributed by atoms with E-state index in [0.717, 1.165) is 29.0 Å². The van der Waals surface area contributed by atoms with Crippen molar-refractivity contribution in [2.24, 2.45) is 0 Å². The molecule has 0 bridgehead atoms. The number of nitro groups is 1. The molecule has 0 amide bonds. The summed E-state index contributed by atoms with van der Waals surface area (Å²) in [4.78, 5) is 18.2. The van der Waals surface area contributed by atoms with Crippen molar-refractivity contribution in [3.63, 3.8) is 0 Å². The summed E-state index contributed by atoms with van der Waals surface area (Å²) < 4.78 is 33.3. The van der Waals surface area contributed by atoms with Crippen LogP contribution in [0.4, 0.5) is 26.0 Å². The van der Waals surface area contributed by atoms with Crippen molar-refractivity contribution in [1.29, 1.82) is 0 Å². The van der Waals surface area contributed by atoms with E-state index in [-0.39, 0.29) is 17.4 Å². The Bertz CT molecular complexity index is 970. The van der Waals surface area contributed by atoms with E-state index in [1.165, 1.54) is 0 Å². The number of benzene rings is 2. The van der Waals surface area contributed by atoms with Crippen LogP contribution in [0.5, 0.6) is 11.6 Å². The Morgan fingerprint density at radius 1 is 1.12 bits per heavy atom. The fourth-order valence-electron chi connectivity index (χ4n) is 2.03. The van der Waals surface area contributed by atoms with Gasteiger partial charge in [0.2, 0.25) is 5.82 Å². The van der Waals surface area contributed by atoms with Gasteiger partial charge in [-0.2, -0.15) is 4.98 Å². The van der Waals surface area contributed by atoms with E-state index in [4.69, 9.17) is 4.74 Å². The lowest BCUT2D eigenvalue weighted by Crippen LogP contribution is -2.04. The van der Waals surface area contributed by atoms with Crippen LogP contribution in [0.1, 0.15) is 0 Å². The first kappa shape index (κ1) is 17.7. The van der Waals surface area contributed by atoms with Crippen molar-refractivity contribution >= 4 is 33.1 Å². The van der Waals surface area contributed by atoms with E-state index in [1.54, 1.807) is 24.3 Å². The van der Waals surface area contributed by atoms with Gasteiger partial charge in [-0.15, -0.1) is 0 Å². The number of nitrogens with zero attached hydrogens (tertiary/aromatic N) is 3. The molecule has 26 heavy (non-hydrogen) atoms. The van der Waals surface area contributed by atoms with Crippen LogP contribution in [0.2, 0.25) is 0 Å². The van der Waals surface area contributed by atoms with Gasteiger partial charge in [0, 0.05) is 10.5 Å². The molecule has 7 nitrogen and oxygen atoms in total. The third kappa shape index (κ3) is 3.91. The number of rotatable bonds is 5. The van der Waals surface area contributed by atoms with Crippen LogP contribution in [-0.2, 0) is 0 Å². The van der Waals surface area contributed by atoms with Crippen molar-refractivity contribution in [2.75, 3.05) is 5.32 Å². The highest BCUT2D eigenvalue weighted by Crippen LogP contribution is 2.36. The number of aromatic nitrogens is 2. The van der Waals surface area contributed by atoms with Gasteiger partial charge in [-0.05, 0) is 36.4 Å². The fourth-order valence-corrected chi connectivity index (χ4v) is 2.29. The van der Waals surface area contributed by atoms with Crippen molar-refractivity contribution < 1.29 is 18.4 Å². The first-order valence-corrected chi connectivity index (χ1v) is 7.88. The molecule has 0 aliphatic rings. The number of nitrogens with one attached hydrogen (secondary N) is 1.